The highest BCUT2D eigenvalue weighted by Crippen LogP contribution is 2.22. The van der Waals surface area contributed by atoms with Crippen molar-refractivity contribution < 1.29 is 4.79 Å². The Morgan fingerprint density at radius 2 is 2.33 bits per heavy atom. The fourth-order valence-electron chi connectivity index (χ4n) is 2.30. The Hall–Kier alpha value is -1.62. The molecule has 98 valence electrons. The minimum atomic E-state index is -0.130. The quantitative estimate of drug-likeness (QED) is 0.815. The Kier molecular flexibility index (Phi) is 3.81. The van der Waals surface area contributed by atoms with E-state index in [4.69, 9.17) is 0 Å². The van der Waals surface area contributed by atoms with Crippen LogP contribution in [-0.2, 0) is 4.79 Å². The lowest BCUT2D eigenvalue weighted by molar-refractivity contribution is -0.130. The van der Waals surface area contributed by atoms with Crippen LogP contribution in [0.15, 0.2) is 18.5 Å². The van der Waals surface area contributed by atoms with Gasteiger partial charge in [0.25, 0.3) is 0 Å². The summed E-state index contributed by atoms with van der Waals surface area (Å²) in [6.45, 7) is 4.47. The number of nitrogens with one attached hydrogen (secondary N) is 1. The molecule has 5 nitrogen and oxygen atoms in total. The molecule has 1 aliphatic rings. The third kappa shape index (κ3) is 2.46. The number of carbonyl (C=O) groups is 1. The molecule has 0 aliphatic carbocycles. The number of rotatable bonds is 2. The number of aromatic nitrogens is 1. The fraction of sp³-hybridized carbons (Fsp3) is 0.538. The second kappa shape index (κ2) is 5.35. The van der Waals surface area contributed by atoms with Gasteiger partial charge < -0.3 is 15.1 Å². The van der Waals surface area contributed by atoms with E-state index in [0.29, 0.717) is 6.54 Å². The first-order valence-electron chi connectivity index (χ1n) is 6.20. The van der Waals surface area contributed by atoms with Crippen LogP contribution >= 0.6 is 0 Å². The number of anilines is 1. The van der Waals surface area contributed by atoms with Gasteiger partial charge in [0.1, 0.15) is 6.04 Å². The molecule has 18 heavy (non-hydrogen) atoms. The second-order valence-corrected chi connectivity index (χ2v) is 4.81. The molecule has 0 spiro atoms. The van der Waals surface area contributed by atoms with Crippen LogP contribution in [0, 0.1) is 6.92 Å². The number of carbonyl (C=O) groups excluding carboxylic acids is 1. The highest BCUT2D eigenvalue weighted by Gasteiger charge is 2.30. The highest BCUT2D eigenvalue weighted by atomic mass is 16.2. The number of nitrogens with zero attached hydrogens (tertiary/aromatic N) is 3. The summed E-state index contributed by atoms with van der Waals surface area (Å²) in [4.78, 5) is 20.2. The van der Waals surface area contributed by atoms with E-state index in [0.717, 1.165) is 24.3 Å². The molecule has 0 radical (unpaired) electrons. The van der Waals surface area contributed by atoms with Gasteiger partial charge in [-0.1, -0.05) is 0 Å². The van der Waals surface area contributed by atoms with Gasteiger partial charge in [-0.3, -0.25) is 9.78 Å². The summed E-state index contributed by atoms with van der Waals surface area (Å²) in [6, 6.07) is 1.85. The number of amides is 1. The SMILES string of the molecule is Cc1cnccc1N1CCNCC1C(=O)N(C)C. The average molecular weight is 248 g/mol. The van der Waals surface area contributed by atoms with Gasteiger partial charge in [0.05, 0.1) is 0 Å². The fourth-order valence-corrected chi connectivity index (χ4v) is 2.30. The molecule has 0 saturated carbocycles. The molecule has 5 heteroatoms. The van der Waals surface area contributed by atoms with Gasteiger partial charge in [0.2, 0.25) is 5.91 Å². The van der Waals surface area contributed by atoms with Crippen LogP contribution in [0.1, 0.15) is 5.56 Å². The molecule has 2 heterocycles. The van der Waals surface area contributed by atoms with E-state index in [9.17, 15) is 4.79 Å². The topological polar surface area (TPSA) is 48.5 Å². The first-order chi connectivity index (χ1) is 8.61. The van der Waals surface area contributed by atoms with Gasteiger partial charge in [-0.25, -0.2) is 0 Å². The van der Waals surface area contributed by atoms with Crippen LogP contribution in [0.4, 0.5) is 5.69 Å². The van der Waals surface area contributed by atoms with Crippen molar-refractivity contribution in [2.45, 2.75) is 13.0 Å². The van der Waals surface area contributed by atoms with Gasteiger partial charge in [-0.15, -0.1) is 0 Å². The number of piperazine rings is 1. The summed E-state index contributed by atoms with van der Waals surface area (Å²) in [5.74, 6) is 0.137. The van der Waals surface area contributed by atoms with Crippen molar-refractivity contribution >= 4 is 11.6 Å². The lowest BCUT2D eigenvalue weighted by Crippen LogP contribution is -2.58. The van der Waals surface area contributed by atoms with Crippen molar-refractivity contribution in [3.05, 3.63) is 24.0 Å². The normalized spacial score (nSPS) is 19.7. The zero-order valence-electron chi connectivity index (χ0n) is 11.2. The first-order valence-corrected chi connectivity index (χ1v) is 6.20. The van der Waals surface area contributed by atoms with Crippen molar-refractivity contribution in [1.29, 1.82) is 0 Å². The predicted molar refractivity (Wildman–Crippen MR) is 71.7 cm³/mol. The van der Waals surface area contributed by atoms with E-state index in [1.165, 1.54) is 0 Å². The summed E-state index contributed by atoms with van der Waals surface area (Å²) in [5.41, 5.74) is 2.21. The molecule has 0 aromatic carbocycles. The number of hydrogen-bond donors (Lipinski definition) is 1. The van der Waals surface area contributed by atoms with Crippen LogP contribution < -0.4 is 10.2 Å². The van der Waals surface area contributed by atoms with Gasteiger partial charge in [0.15, 0.2) is 0 Å². The summed E-state index contributed by atoms with van der Waals surface area (Å²) < 4.78 is 0. The second-order valence-electron chi connectivity index (χ2n) is 4.81. The van der Waals surface area contributed by atoms with Crippen molar-refractivity contribution in [2.24, 2.45) is 0 Å². The molecule has 1 amide bonds. The Balaban J connectivity index is 2.29. The first kappa shape index (κ1) is 12.8. The van der Waals surface area contributed by atoms with Crippen molar-refractivity contribution in [2.75, 3.05) is 38.6 Å². The summed E-state index contributed by atoms with van der Waals surface area (Å²) in [5, 5.41) is 3.29. The van der Waals surface area contributed by atoms with Crippen molar-refractivity contribution in [3.8, 4) is 0 Å². The molecule has 1 aliphatic heterocycles. The Morgan fingerprint density at radius 3 is 3.00 bits per heavy atom. The van der Waals surface area contributed by atoms with E-state index < -0.39 is 0 Å². The van der Waals surface area contributed by atoms with E-state index in [1.54, 1.807) is 25.2 Å². The molecular formula is C13H20N4O. The minimum absolute atomic E-state index is 0.130. The molecule has 1 unspecified atom stereocenters. The third-order valence-corrected chi connectivity index (χ3v) is 3.27. The van der Waals surface area contributed by atoms with Gasteiger partial charge in [0, 0.05) is 51.8 Å². The minimum Gasteiger partial charge on any atom is -0.357 e. The number of likely N-dealkylation sites (N-methyl/N-ethyl adjacent to an activating group) is 1. The zero-order valence-corrected chi connectivity index (χ0v) is 11.2. The van der Waals surface area contributed by atoms with Gasteiger partial charge in [-0.05, 0) is 18.6 Å². The Bertz CT molecular complexity index is 433. The van der Waals surface area contributed by atoms with Crippen LogP contribution in [0.5, 0.6) is 0 Å². The standard InChI is InChI=1S/C13H20N4O/c1-10-8-14-5-4-11(10)17-7-6-15-9-12(17)13(18)16(2)3/h4-5,8,12,15H,6-7,9H2,1-3H3. The molecule has 1 fully saturated rings. The van der Waals surface area contributed by atoms with E-state index >= 15 is 0 Å². The van der Waals surface area contributed by atoms with Crippen LogP contribution in [0.25, 0.3) is 0 Å². The monoisotopic (exact) mass is 248 g/mol. The van der Waals surface area contributed by atoms with Gasteiger partial charge in [-0.2, -0.15) is 0 Å². The van der Waals surface area contributed by atoms with E-state index in [2.05, 4.69) is 15.2 Å². The van der Waals surface area contributed by atoms with Gasteiger partial charge >= 0.3 is 0 Å². The Morgan fingerprint density at radius 1 is 1.56 bits per heavy atom. The maximum absolute atomic E-state index is 12.2. The lowest BCUT2D eigenvalue weighted by Gasteiger charge is -2.38. The summed E-state index contributed by atoms with van der Waals surface area (Å²) >= 11 is 0. The van der Waals surface area contributed by atoms with E-state index in [-0.39, 0.29) is 11.9 Å². The third-order valence-electron chi connectivity index (χ3n) is 3.27. The van der Waals surface area contributed by atoms with Crippen LogP contribution in [-0.4, -0.2) is 55.6 Å². The molecule has 1 saturated heterocycles. The van der Waals surface area contributed by atoms with Crippen molar-refractivity contribution in [1.82, 2.24) is 15.2 Å². The number of aryl methyl sites for hydroxylation is 1. The average Bonchev–Trinajstić information content (AvgIpc) is 2.38. The molecule has 1 N–H and O–H groups in total. The zero-order chi connectivity index (χ0) is 13.1. The smallest absolute Gasteiger partial charge is 0.246 e. The molecule has 0 bridgehead atoms. The van der Waals surface area contributed by atoms with E-state index in [1.807, 2.05) is 19.2 Å². The number of pyridine rings is 1. The molecule has 1 aromatic heterocycles. The number of hydrogen-bond acceptors (Lipinski definition) is 4. The molecule has 1 aromatic rings. The highest BCUT2D eigenvalue weighted by molar-refractivity contribution is 5.85. The lowest BCUT2D eigenvalue weighted by atomic mass is 10.1. The maximum Gasteiger partial charge on any atom is 0.246 e. The predicted octanol–water partition coefficient (Wildman–Crippen LogP) is 0.256. The molecule has 1 atom stereocenters. The van der Waals surface area contributed by atoms with Crippen LogP contribution in [0.2, 0.25) is 0 Å². The molecular weight excluding hydrogens is 228 g/mol. The Labute approximate surface area is 108 Å². The summed E-state index contributed by atoms with van der Waals surface area (Å²) in [6.07, 6.45) is 3.62. The maximum atomic E-state index is 12.2. The van der Waals surface area contributed by atoms with Crippen molar-refractivity contribution in [3.63, 3.8) is 0 Å². The largest absolute Gasteiger partial charge is 0.357 e. The summed E-state index contributed by atoms with van der Waals surface area (Å²) in [7, 11) is 3.60. The molecule has 2 rings (SSSR count). The van der Waals surface area contributed by atoms with Crippen LogP contribution in [0.3, 0.4) is 0 Å².